The van der Waals surface area contributed by atoms with Crippen molar-refractivity contribution in [2.75, 3.05) is 5.73 Å². The number of aromatic nitrogens is 2. The first-order valence-corrected chi connectivity index (χ1v) is 15.6. The zero-order chi connectivity index (χ0) is 30.8. The van der Waals surface area contributed by atoms with Crippen molar-refractivity contribution >= 4 is 66.3 Å². The van der Waals surface area contributed by atoms with E-state index in [0.717, 1.165) is 66.6 Å². The van der Waals surface area contributed by atoms with Crippen LogP contribution in [0.3, 0.4) is 0 Å². The van der Waals surface area contributed by atoms with E-state index < -0.39 is 0 Å². The van der Waals surface area contributed by atoms with Crippen LogP contribution in [-0.2, 0) is 6.42 Å². The second-order valence-corrected chi connectivity index (χ2v) is 11.9. The van der Waals surface area contributed by atoms with Gasteiger partial charge in [0.15, 0.2) is 0 Å². The van der Waals surface area contributed by atoms with E-state index >= 15 is 0 Å². The van der Waals surface area contributed by atoms with E-state index in [-0.39, 0.29) is 0 Å². The Labute approximate surface area is 266 Å². The fourth-order valence-electron chi connectivity index (χ4n) is 7.45. The van der Waals surface area contributed by atoms with Crippen LogP contribution in [0.4, 0.5) is 5.69 Å². The molecule has 46 heavy (non-hydrogen) atoms. The normalized spacial score (nSPS) is 11.7. The molecule has 0 aliphatic heterocycles. The van der Waals surface area contributed by atoms with Crippen molar-refractivity contribution in [1.29, 1.82) is 5.41 Å². The lowest BCUT2D eigenvalue weighted by molar-refractivity contribution is 1.18. The monoisotopic (exact) mass is 590 g/mol. The number of anilines is 1. The highest BCUT2D eigenvalue weighted by molar-refractivity contribution is 6.19. The van der Waals surface area contributed by atoms with Crippen molar-refractivity contribution < 1.29 is 0 Å². The Bertz CT molecular complexity index is 2630. The number of nitrogens with one attached hydrogen (secondary N) is 1. The summed E-state index contributed by atoms with van der Waals surface area (Å²) in [4.78, 5) is 0. The van der Waals surface area contributed by atoms with E-state index in [4.69, 9.17) is 11.1 Å². The number of benzene rings is 7. The minimum atomic E-state index is 0.453. The Balaban J connectivity index is 1.40. The summed E-state index contributed by atoms with van der Waals surface area (Å²) in [5.41, 5.74) is 17.9. The highest BCUT2D eigenvalue weighted by Crippen LogP contribution is 2.44. The predicted octanol–water partition coefficient (Wildman–Crippen LogP) is 10.5. The fourth-order valence-corrected chi connectivity index (χ4v) is 7.45. The Morgan fingerprint density at radius 2 is 1.09 bits per heavy atom. The Hall–Kier alpha value is -6.13. The summed E-state index contributed by atoms with van der Waals surface area (Å²) in [6.45, 7) is 0. The van der Waals surface area contributed by atoms with Crippen molar-refractivity contribution in [3.05, 3.63) is 151 Å². The number of nitrogen functional groups attached to an aromatic ring is 1. The molecule has 3 N–H and O–H groups in total. The summed E-state index contributed by atoms with van der Waals surface area (Å²) in [7, 11) is 0. The molecule has 0 aliphatic carbocycles. The van der Waals surface area contributed by atoms with Crippen LogP contribution >= 0.6 is 0 Å². The van der Waals surface area contributed by atoms with Crippen LogP contribution in [0.5, 0.6) is 0 Å². The lowest BCUT2D eigenvalue weighted by atomic mass is 9.89. The lowest BCUT2D eigenvalue weighted by Crippen LogP contribution is -2.01. The SMILES string of the molecule is N=CCc1c(-c2cccc3c2c2ccccc2n3-c2ccccc2)cc2cc3c(cc2c1N)c1ccccc1n3-c1ccccc1. The molecule has 0 radical (unpaired) electrons. The fraction of sp³-hybridized carbons (Fsp3) is 0.0238. The van der Waals surface area contributed by atoms with Crippen LogP contribution in [0, 0.1) is 5.41 Å². The summed E-state index contributed by atoms with van der Waals surface area (Å²) in [6, 6.07) is 51.7. The molecule has 4 nitrogen and oxygen atoms in total. The maximum absolute atomic E-state index is 8.16. The molecule has 9 aromatic rings. The Morgan fingerprint density at radius 3 is 1.78 bits per heavy atom. The van der Waals surface area contributed by atoms with E-state index in [1.165, 1.54) is 27.8 Å². The van der Waals surface area contributed by atoms with E-state index in [2.05, 4.69) is 155 Å². The van der Waals surface area contributed by atoms with Crippen molar-refractivity contribution in [2.24, 2.45) is 0 Å². The van der Waals surface area contributed by atoms with Gasteiger partial charge in [0.05, 0.1) is 22.1 Å². The van der Waals surface area contributed by atoms with Gasteiger partial charge in [-0.1, -0.05) is 84.9 Å². The number of nitrogens with zero attached hydrogens (tertiary/aromatic N) is 2. The van der Waals surface area contributed by atoms with Gasteiger partial charge in [0.2, 0.25) is 0 Å². The quantitative estimate of drug-likeness (QED) is 0.152. The van der Waals surface area contributed by atoms with E-state index in [0.29, 0.717) is 6.42 Å². The topological polar surface area (TPSA) is 59.7 Å². The minimum Gasteiger partial charge on any atom is -0.398 e. The molecule has 0 saturated carbocycles. The highest BCUT2D eigenvalue weighted by atomic mass is 15.0. The summed E-state index contributed by atoms with van der Waals surface area (Å²) >= 11 is 0. The van der Waals surface area contributed by atoms with Crippen LogP contribution in [0.1, 0.15) is 5.56 Å². The van der Waals surface area contributed by atoms with Gasteiger partial charge in [0.25, 0.3) is 0 Å². The molecule has 2 heterocycles. The third kappa shape index (κ3) is 3.77. The third-order valence-electron chi connectivity index (χ3n) is 9.41. The molecule has 0 amide bonds. The molecule has 0 bridgehead atoms. The van der Waals surface area contributed by atoms with Crippen LogP contribution in [-0.4, -0.2) is 15.3 Å². The van der Waals surface area contributed by atoms with Crippen molar-refractivity contribution in [3.8, 4) is 22.5 Å². The number of fused-ring (bicyclic) bond motifs is 7. The Kier molecular flexibility index (Phi) is 5.84. The number of rotatable bonds is 5. The van der Waals surface area contributed by atoms with Crippen LogP contribution in [0.15, 0.2) is 146 Å². The van der Waals surface area contributed by atoms with Gasteiger partial charge >= 0.3 is 0 Å². The first-order chi connectivity index (χ1) is 22.7. The van der Waals surface area contributed by atoms with Crippen molar-refractivity contribution in [3.63, 3.8) is 0 Å². The second kappa shape index (κ2) is 10.2. The number of hydrogen-bond donors (Lipinski definition) is 2. The standard InChI is InChI=1S/C42H30N4/c43-23-22-32-35(31-18-11-21-39-41(31)33-17-8-10-20-38(33)45(39)28-12-3-1-4-13-28)24-27-25-40-36(26-34(27)42(32)44)30-16-7-9-19-37(30)46(40)29-14-5-2-6-15-29/h1-21,23-26,43H,22,44H2. The number of hydrogen-bond acceptors (Lipinski definition) is 2. The van der Waals surface area contributed by atoms with Gasteiger partial charge in [-0.3, -0.25) is 0 Å². The Morgan fingerprint density at radius 1 is 0.500 bits per heavy atom. The van der Waals surface area contributed by atoms with Gasteiger partial charge < -0.3 is 20.3 Å². The average molecular weight is 591 g/mol. The van der Waals surface area contributed by atoms with E-state index in [1.54, 1.807) is 0 Å². The van der Waals surface area contributed by atoms with Crippen molar-refractivity contribution in [2.45, 2.75) is 6.42 Å². The maximum atomic E-state index is 8.16. The van der Waals surface area contributed by atoms with Crippen LogP contribution in [0.2, 0.25) is 0 Å². The first kappa shape index (κ1) is 26.3. The largest absolute Gasteiger partial charge is 0.398 e. The molecule has 0 fully saturated rings. The highest BCUT2D eigenvalue weighted by Gasteiger charge is 2.21. The summed E-state index contributed by atoms with van der Waals surface area (Å²) in [5, 5.41) is 15.0. The second-order valence-electron chi connectivity index (χ2n) is 11.9. The molecule has 0 aliphatic rings. The molecule has 7 aromatic carbocycles. The van der Waals surface area contributed by atoms with Gasteiger partial charge in [0, 0.05) is 50.4 Å². The average Bonchev–Trinajstić information content (AvgIpc) is 3.62. The predicted molar refractivity (Wildman–Crippen MR) is 195 cm³/mol. The van der Waals surface area contributed by atoms with Gasteiger partial charge in [0.1, 0.15) is 0 Å². The summed E-state index contributed by atoms with van der Waals surface area (Å²) in [5.74, 6) is 0. The molecular formula is C42H30N4. The van der Waals surface area contributed by atoms with Gasteiger partial charge in [-0.2, -0.15) is 0 Å². The minimum absolute atomic E-state index is 0.453. The number of nitrogens with two attached hydrogens (primary N) is 1. The molecular weight excluding hydrogens is 560 g/mol. The molecule has 9 rings (SSSR count). The van der Waals surface area contributed by atoms with E-state index in [9.17, 15) is 0 Å². The molecule has 4 heteroatoms. The molecule has 2 aromatic heterocycles. The maximum Gasteiger partial charge on any atom is 0.0547 e. The molecule has 0 saturated heterocycles. The summed E-state index contributed by atoms with van der Waals surface area (Å²) in [6.07, 6.45) is 1.92. The van der Waals surface area contributed by atoms with Crippen LogP contribution < -0.4 is 5.73 Å². The zero-order valence-corrected chi connectivity index (χ0v) is 25.1. The molecule has 0 atom stereocenters. The molecule has 218 valence electrons. The summed E-state index contributed by atoms with van der Waals surface area (Å²) < 4.78 is 4.69. The van der Waals surface area contributed by atoms with Crippen LogP contribution in [0.25, 0.3) is 76.9 Å². The van der Waals surface area contributed by atoms with Gasteiger partial charge in [-0.05, 0) is 89.0 Å². The zero-order valence-electron chi connectivity index (χ0n) is 25.1. The first-order valence-electron chi connectivity index (χ1n) is 15.6. The molecule has 0 unspecified atom stereocenters. The number of para-hydroxylation sites is 4. The smallest absolute Gasteiger partial charge is 0.0547 e. The third-order valence-corrected chi connectivity index (χ3v) is 9.41. The van der Waals surface area contributed by atoms with Crippen molar-refractivity contribution in [1.82, 2.24) is 9.13 Å². The molecule has 0 spiro atoms. The van der Waals surface area contributed by atoms with Gasteiger partial charge in [-0.15, -0.1) is 0 Å². The van der Waals surface area contributed by atoms with E-state index in [1.807, 2.05) is 0 Å². The van der Waals surface area contributed by atoms with Gasteiger partial charge in [-0.25, -0.2) is 0 Å². The lowest BCUT2D eigenvalue weighted by Gasteiger charge is -2.17.